The van der Waals surface area contributed by atoms with E-state index in [0.717, 1.165) is 19.1 Å². The van der Waals surface area contributed by atoms with Gasteiger partial charge < -0.3 is 0 Å². The molecule has 1 saturated carbocycles. The number of hydrogen-bond donors (Lipinski definition) is 8. The van der Waals surface area contributed by atoms with E-state index in [1.807, 2.05) is 30.3 Å². The third kappa shape index (κ3) is 25.5. The maximum absolute atomic E-state index is 12.6. The predicted octanol–water partition coefficient (Wildman–Crippen LogP) is 10.5. The first kappa shape index (κ1) is 85.4. The van der Waals surface area contributed by atoms with Crippen LogP contribution in [0.3, 0.4) is 0 Å². The van der Waals surface area contributed by atoms with Crippen molar-refractivity contribution in [2.45, 2.75) is 62.1 Å². The average Bonchev–Trinajstić information content (AvgIpc) is 1.46. The average molecular weight is 1700 g/mol. The fraction of sp³-hybridized carbons (Fsp3) is 0.111. The quantitative estimate of drug-likeness (QED) is 0.0278. The number of rotatable bonds is 24. The molecule has 1 fully saturated rings. The lowest BCUT2D eigenvalue weighted by Crippen LogP contribution is -2.25. The van der Waals surface area contributed by atoms with Crippen LogP contribution < -0.4 is 40.2 Å². The number of benzene rings is 6. The second kappa shape index (κ2) is 38.8. The molecule has 0 atom stereocenters. The summed E-state index contributed by atoms with van der Waals surface area (Å²) in [6.45, 7) is 6.77. The van der Waals surface area contributed by atoms with Crippen LogP contribution in [-0.2, 0) is 45.8 Å². The van der Waals surface area contributed by atoms with Crippen LogP contribution in [0.25, 0.3) is 46.1 Å². The Balaban J connectivity index is 0.000000148. The van der Waals surface area contributed by atoms with E-state index < -0.39 is 63.7 Å². The predicted molar refractivity (Wildman–Crippen MR) is 451 cm³/mol. The highest BCUT2D eigenvalue weighted by molar-refractivity contribution is 7.93. The van der Waals surface area contributed by atoms with Crippen LogP contribution in [0.4, 0.5) is 40.9 Å². The summed E-state index contributed by atoms with van der Waals surface area (Å²) in [7, 11) is -14.2. The monoisotopic (exact) mass is 1700 g/mol. The van der Waals surface area contributed by atoms with Gasteiger partial charge in [-0.05, 0) is 204 Å². The van der Waals surface area contributed by atoms with Crippen molar-refractivity contribution < 1.29 is 52.8 Å². The van der Waals surface area contributed by atoms with Gasteiger partial charge in [0.05, 0.1) is 21.8 Å². The molecule has 6 aromatic carbocycles. The molecule has 0 bridgehead atoms. The van der Waals surface area contributed by atoms with E-state index in [-0.39, 0.29) is 50.9 Å². The van der Waals surface area contributed by atoms with Crippen LogP contribution >= 0.6 is 0 Å². The van der Waals surface area contributed by atoms with Crippen molar-refractivity contribution >= 4 is 105 Å². The molecular weight excluding hydrogens is 1630 g/mol. The van der Waals surface area contributed by atoms with Gasteiger partial charge in [0.1, 0.15) is 46.1 Å². The van der Waals surface area contributed by atoms with Crippen molar-refractivity contribution in [3.63, 3.8) is 0 Å². The lowest BCUT2D eigenvalue weighted by Gasteiger charge is -2.09. The summed E-state index contributed by atoms with van der Waals surface area (Å²) in [5, 5.41) is 10.5. The van der Waals surface area contributed by atoms with E-state index in [1.165, 1.54) is 109 Å². The van der Waals surface area contributed by atoms with E-state index in [2.05, 4.69) is 120 Å². The number of nitrogens with one attached hydrogen (secondary N) is 8. The molecule has 0 unspecified atom stereocenters. The number of carbonyl (C=O) groups is 4. The van der Waals surface area contributed by atoms with Crippen molar-refractivity contribution in [2.75, 3.05) is 41.7 Å². The minimum absolute atomic E-state index is 0.0170. The molecule has 4 amide bonds. The lowest BCUT2D eigenvalue weighted by atomic mass is 10.2. The molecule has 36 nitrogen and oxygen atoms in total. The maximum atomic E-state index is 12.6. The summed E-state index contributed by atoms with van der Waals surface area (Å²) < 4.78 is 106. The van der Waals surface area contributed by atoms with Crippen molar-refractivity contribution in [1.82, 2.24) is 84.5 Å². The molecular formula is C81H72N24O12S4. The number of nitrogens with zero attached hydrogens (tertiary/aromatic N) is 16. The van der Waals surface area contributed by atoms with Crippen molar-refractivity contribution in [2.24, 2.45) is 0 Å². The molecule has 1 aliphatic rings. The first-order valence-corrected chi connectivity index (χ1v) is 42.8. The Hall–Kier alpha value is -15.0. The Labute approximate surface area is 694 Å². The summed E-state index contributed by atoms with van der Waals surface area (Å²) in [6, 6.07) is 62.1. The van der Waals surface area contributed by atoms with E-state index in [0.29, 0.717) is 109 Å². The Bertz CT molecular complexity index is 6510. The molecule has 8 N–H and O–H groups in total. The number of amides is 4. The van der Waals surface area contributed by atoms with Crippen LogP contribution in [0.1, 0.15) is 83.1 Å². The molecule has 15 rings (SSSR count). The Morgan fingerprint density at radius 2 is 0.603 bits per heavy atom. The normalized spacial score (nSPS) is 11.7. The molecule has 612 valence electrons. The zero-order valence-corrected chi connectivity index (χ0v) is 67.9. The van der Waals surface area contributed by atoms with Gasteiger partial charge in [-0.2, -0.15) is 39.9 Å². The van der Waals surface area contributed by atoms with E-state index in [1.54, 1.807) is 143 Å². The molecule has 1 aliphatic carbocycles. The number of carbonyl (C=O) groups excluding carboxylic acids is 4. The van der Waals surface area contributed by atoms with Crippen LogP contribution in [0, 0.1) is 27.7 Å². The zero-order valence-electron chi connectivity index (χ0n) is 64.6. The van der Waals surface area contributed by atoms with Crippen LogP contribution in [0.15, 0.2) is 265 Å². The van der Waals surface area contributed by atoms with Crippen molar-refractivity contribution in [1.29, 1.82) is 0 Å². The van der Waals surface area contributed by atoms with Crippen LogP contribution in [-0.4, -0.2) is 149 Å². The van der Waals surface area contributed by atoms with Gasteiger partial charge in [-0.25, -0.2) is 58.3 Å². The molecule has 0 spiro atoms. The molecule has 40 heteroatoms. The highest BCUT2D eigenvalue weighted by Crippen LogP contribution is 2.25. The SMILES string of the molecule is Cc1nc(NC(=O)c2ccc(NS(=O)(=O)Cc3ccccc3)cc2)nc(-c2ccccn2)n1.Cc1nc(NC(=O)c2ccc(NS(=O)(=O)c3ccccc3)cc2)nc(-c2ccccn2)n1.Cc1nc(NC(=O)c2ccc(NS(C)(=O)=O)cc2)nc(-c2ccccn2)n1.Cc1nc(NC(=O)c2ccc(S(=O)(=O)NC3CC3)cc2)nc(-c2ccccn2)n1. The summed E-state index contributed by atoms with van der Waals surface area (Å²) in [5.74, 6) is 1.61. The number of pyridine rings is 4. The van der Waals surface area contributed by atoms with Gasteiger partial charge in [0.25, 0.3) is 33.7 Å². The summed E-state index contributed by atoms with van der Waals surface area (Å²) >= 11 is 0. The second-order valence-corrected chi connectivity index (χ2v) is 33.0. The standard InChI is InChI=1S/C23H20N6O3S.C22H18N6O3S.C19H18N6O3S.C17H16N6O3S/c1-16-25-21(20-9-5-6-14-24-20)27-23(26-16)28-22(30)18-10-12-19(13-11-18)29-33(31,32)15-17-7-3-2-4-8-17;1-15-24-20(19-9-5-6-14-23-19)26-22(25-15)27-21(29)16-10-12-17(13-11-16)28-32(30,31)18-7-3-2-4-8-18;1-12-21-17(16-4-2-3-11-20-16)23-19(22-12)24-18(26)13-5-9-15(10-6-13)29(27,28)25-14-7-8-14;1-11-19-15(14-5-3-4-10-18-14)21-17(20-11)22-16(24)12-6-8-13(9-7-12)23-27(2,25)26/h2-14,29H,15H2,1H3,(H,25,26,27,28,30);2-14,28H,1H3,(H,24,25,26,27,29);2-6,9-11,14,25H,7-8H2,1H3,(H,21,22,23,24,26);3-10,23H,1-2H3,(H,19,20,21,22,24). The molecule has 0 saturated heterocycles. The van der Waals surface area contributed by atoms with Gasteiger partial charge in [0, 0.05) is 70.1 Å². The fourth-order valence-electron chi connectivity index (χ4n) is 10.7. The highest BCUT2D eigenvalue weighted by Gasteiger charge is 2.29. The van der Waals surface area contributed by atoms with Crippen LogP contribution in [0.2, 0.25) is 0 Å². The second-order valence-electron chi connectivity index (χ2n) is 26.1. The first-order chi connectivity index (χ1) is 58.0. The first-order valence-electron chi connectivity index (χ1n) is 36.3. The van der Waals surface area contributed by atoms with E-state index in [9.17, 15) is 52.8 Å². The minimum atomic E-state index is -3.71. The minimum Gasteiger partial charge on any atom is -0.290 e. The van der Waals surface area contributed by atoms with Gasteiger partial charge in [0.2, 0.25) is 53.9 Å². The smallest absolute Gasteiger partial charge is 0.261 e. The van der Waals surface area contributed by atoms with Crippen molar-refractivity contribution in [3.8, 4) is 46.1 Å². The van der Waals surface area contributed by atoms with Gasteiger partial charge in [-0.15, -0.1) is 0 Å². The van der Waals surface area contributed by atoms with E-state index >= 15 is 0 Å². The summed E-state index contributed by atoms with van der Waals surface area (Å²) in [5.41, 5.74) is 5.22. The highest BCUT2D eigenvalue weighted by atomic mass is 32.2. The maximum Gasteiger partial charge on any atom is 0.261 e. The number of sulfonamides is 4. The fourth-order valence-corrected chi connectivity index (χ4v) is 14.8. The topological polar surface area (TPSA) is 507 Å². The summed E-state index contributed by atoms with van der Waals surface area (Å²) in [6.07, 6.45) is 9.26. The van der Waals surface area contributed by atoms with Gasteiger partial charge >= 0.3 is 0 Å². The third-order valence-corrected chi connectivity index (χ3v) is 21.1. The number of hydrogen-bond acceptors (Lipinski definition) is 28. The lowest BCUT2D eigenvalue weighted by molar-refractivity contribution is 0.101. The molecule has 8 heterocycles. The molecule has 0 aliphatic heterocycles. The van der Waals surface area contributed by atoms with Gasteiger partial charge in [0.15, 0.2) is 23.3 Å². The van der Waals surface area contributed by atoms with Crippen molar-refractivity contribution in [3.05, 3.63) is 306 Å². The van der Waals surface area contributed by atoms with Gasteiger partial charge in [-0.3, -0.25) is 74.5 Å². The number of aryl methyl sites for hydroxylation is 4. The Morgan fingerprint density at radius 1 is 0.314 bits per heavy atom. The van der Waals surface area contributed by atoms with Crippen LogP contribution in [0.5, 0.6) is 0 Å². The Kier molecular flexibility index (Phi) is 27.4. The van der Waals surface area contributed by atoms with Gasteiger partial charge in [-0.1, -0.05) is 72.8 Å². The molecule has 121 heavy (non-hydrogen) atoms. The zero-order chi connectivity index (χ0) is 85.7. The number of anilines is 7. The number of aromatic nitrogens is 16. The molecule has 14 aromatic rings. The van der Waals surface area contributed by atoms with E-state index in [4.69, 9.17) is 0 Å². The summed E-state index contributed by atoms with van der Waals surface area (Å²) in [4.78, 5) is 118. The molecule has 8 aromatic heterocycles. The third-order valence-electron chi connectivity index (χ3n) is 16.3. The largest absolute Gasteiger partial charge is 0.290 e. The molecule has 0 radical (unpaired) electrons. The Morgan fingerprint density at radius 3 is 0.909 bits per heavy atom.